The Labute approximate surface area is 214 Å². The lowest BCUT2D eigenvalue weighted by molar-refractivity contribution is -0.120. The molecule has 1 amide bonds. The number of amides is 1. The maximum atomic E-state index is 14.3. The monoisotopic (exact) mass is 499 g/mol. The number of piperazine rings is 1. The van der Waals surface area contributed by atoms with E-state index in [4.69, 9.17) is 4.74 Å². The van der Waals surface area contributed by atoms with Crippen molar-refractivity contribution in [2.24, 2.45) is 5.41 Å². The Morgan fingerprint density at radius 1 is 0.944 bits per heavy atom. The normalized spacial score (nSPS) is 19.7. The van der Waals surface area contributed by atoms with Crippen molar-refractivity contribution in [1.29, 1.82) is 0 Å². The van der Waals surface area contributed by atoms with Crippen LogP contribution >= 0.6 is 0 Å². The molecule has 0 aromatic heterocycles. The van der Waals surface area contributed by atoms with E-state index in [-0.39, 0.29) is 28.9 Å². The standard InChI is InChI=1S/C29H39F2N3O2/c1-29(2,3)21-36-18-17-32-13-15-33(16-14-32)20-28(35)34-12-4-5-25(22-6-8-23(30)9-7-22)26-11-10-24(31)19-27(26)34/h6-11,19,25H,4-5,12-18,20-21H2,1-3H3. The van der Waals surface area contributed by atoms with Gasteiger partial charge in [-0.05, 0) is 53.6 Å². The number of ether oxygens (including phenoxy) is 1. The molecule has 0 saturated carbocycles. The van der Waals surface area contributed by atoms with Crippen LogP contribution in [0.1, 0.15) is 50.7 Å². The van der Waals surface area contributed by atoms with Crippen LogP contribution < -0.4 is 4.90 Å². The Kier molecular flexibility index (Phi) is 8.75. The summed E-state index contributed by atoms with van der Waals surface area (Å²) in [5.41, 5.74) is 2.73. The van der Waals surface area contributed by atoms with Gasteiger partial charge in [0.1, 0.15) is 11.6 Å². The molecule has 1 saturated heterocycles. The number of hydrogen-bond donors (Lipinski definition) is 0. The number of halogens is 2. The molecular formula is C29H39F2N3O2. The average molecular weight is 500 g/mol. The van der Waals surface area contributed by atoms with E-state index in [1.807, 2.05) is 0 Å². The SMILES string of the molecule is CC(C)(C)COCCN1CCN(CC(=O)N2CCCC(c3ccc(F)cc3)c3ccc(F)cc32)CC1. The van der Waals surface area contributed by atoms with Crippen LogP contribution in [0.15, 0.2) is 42.5 Å². The molecule has 1 atom stereocenters. The van der Waals surface area contributed by atoms with E-state index in [9.17, 15) is 13.6 Å². The molecule has 2 aromatic carbocycles. The van der Waals surface area contributed by atoms with Crippen LogP contribution in [-0.4, -0.2) is 74.7 Å². The first-order chi connectivity index (χ1) is 17.2. The van der Waals surface area contributed by atoms with Crippen LogP contribution in [0.2, 0.25) is 0 Å². The van der Waals surface area contributed by atoms with E-state index >= 15 is 0 Å². The van der Waals surface area contributed by atoms with Gasteiger partial charge in [0.25, 0.3) is 0 Å². The van der Waals surface area contributed by atoms with Crippen molar-refractivity contribution >= 4 is 11.6 Å². The lowest BCUT2D eigenvalue weighted by Crippen LogP contribution is -2.50. The fourth-order valence-corrected chi connectivity index (χ4v) is 5.09. The maximum absolute atomic E-state index is 14.3. The number of carbonyl (C=O) groups excluding carboxylic acids is 1. The largest absolute Gasteiger partial charge is 0.380 e. The van der Waals surface area contributed by atoms with Crippen molar-refractivity contribution in [1.82, 2.24) is 9.80 Å². The molecule has 0 N–H and O–H groups in total. The van der Waals surface area contributed by atoms with E-state index in [0.717, 1.165) is 69.9 Å². The van der Waals surface area contributed by atoms with Crippen LogP contribution in [0.25, 0.3) is 0 Å². The molecule has 5 nitrogen and oxygen atoms in total. The Bertz CT molecular complexity index is 1010. The van der Waals surface area contributed by atoms with Crippen molar-refractivity contribution in [2.45, 2.75) is 39.5 Å². The number of fused-ring (bicyclic) bond motifs is 1. The van der Waals surface area contributed by atoms with Gasteiger partial charge in [0, 0.05) is 45.2 Å². The number of hydrogen-bond acceptors (Lipinski definition) is 4. The molecule has 196 valence electrons. The first kappa shape index (κ1) is 26.7. The van der Waals surface area contributed by atoms with Crippen LogP contribution in [0.5, 0.6) is 0 Å². The highest BCUT2D eigenvalue weighted by molar-refractivity contribution is 5.96. The highest BCUT2D eigenvalue weighted by Gasteiger charge is 2.29. The lowest BCUT2D eigenvalue weighted by atomic mass is 9.87. The highest BCUT2D eigenvalue weighted by atomic mass is 19.1. The fraction of sp³-hybridized carbons (Fsp3) is 0.552. The number of benzene rings is 2. The van der Waals surface area contributed by atoms with Crippen LogP contribution in [0.4, 0.5) is 14.5 Å². The zero-order valence-electron chi connectivity index (χ0n) is 21.8. The molecule has 2 heterocycles. The third kappa shape index (κ3) is 7.11. The molecule has 7 heteroatoms. The van der Waals surface area contributed by atoms with Gasteiger partial charge in [-0.1, -0.05) is 39.0 Å². The Balaban J connectivity index is 1.37. The summed E-state index contributed by atoms with van der Waals surface area (Å²) in [4.78, 5) is 19.8. The number of rotatable bonds is 7. The van der Waals surface area contributed by atoms with E-state index in [1.165, 1.54) is 24.3 Å². The second-order valence-electron chi connectivity index (χ2n) is 11.2. The molecule has 0 spiro atoms. The summed E-state index contributed by atoms with van der Waals surface area (Å²) in [6.45, 7) is 13.2. The summed E-state index contributed by atoms with van der Waals surface area (Å²) in [6, 6.07) is 11.2. The first-order valence-electron chi connectivity index (χ1n) is 13.1. The summed E-state index contributed by atoms with van der Waals surface area (Å²) >= 11 is 0. The Morgan fingerprint density at radius 3 is 2.31 bits per heavy atom. The molecule has 2 aromatic rings. The minimum atomic E-state index is -0.353. The minimum absolute atomic E-state index is 0.00282. The van der Waals surface area contributed by atoms with Crippen LogP contribution in [0, 0.1) is 17.0 Å². The predicted octanol–water partition coefficient (Wildman–Crippen LogP) is 4.90. The number of nitrogens with zero attached hydrogens (tertiary/aromatic N) is 3. The van der Waals surface area contributed by atoms with Gasteiger partial charge in [0.15, 0.2) is 0 Å². The Morgan fingerprint density at radius 2 is 1.61 bits per heavy atom. The third-order valence-corrected chi connectivity index (χ3v) is 7.02. The molecule has 2 aliphatic rings. The summed E-state index contributed by atoms with van der Waals surface area (Å²) in [5, 5.41) is 0. The van der Waals surface area contributed by atoms with Crippen molar-refractivity contribution in [3.63, 3.8) is 0 Å². The topological polar surface area (TPSA) is 36.0 Å². The molecule has 1 fully saturated rings. The van der Waals surface area contributed by atoms with E-state index < -0.39 is 0 Å². The number of carbonyl (C=O) groups is 1. The molecule has 0 bridgehead atoms. The molecular weight excluding hydrogens is 460 g/mol. The summed E-state index contributed by atoms with van der Waals surface area (Å²) in [6.07, 6.45) is 1.62. The van der Waals surface area contributed by atoms with Gasteiger partial charge in [-0.2, -0.15) is 0 Å². The predicted molar refractivity (Wildman–Crippen MR) is 139 cm³/mol. The van der Waals surface area contributed by atoms with Crippen molar-refractivity contribution < 1.29 is 18.3 Å². The molecule has 0 aliphatic carbocycles. The number of anilines is 1. The lowest BCUT2D eigenvalue weighted by Gasteiger charge is -2.35. The molecule has 2 aliphatic heterocycles. The zero-order chi connectivity index (χ0) is 25.7. The first-order valence-corrected chi connectivity index (χ1v) is 13.1. The van der Waals surface area contributed by atoms with Gasteiger partial charge >= 0.3 is 0 Å². The fourth-order valence-electron chi connectivity index (χ4n) is 5.09. The van der Waals surface area contributed by atoms with Crippen LogP contribution in [0.3, 0.4) is 0 Å². The van der Waals surface area contributed by atoms with Gasteiger partial charge in [-0.25, -0.2) is 8.78 Å². The highest BCUT2D eigenvalue weighted by Crippen LogP contribution is 2.39. The zero-order valence-corrected chi connectivity index (χ0v) is 21.8. The average Bonchev–Trinajstić information content (AvgIpc) is 3.02. The molecule has 0 radical (unpaired) electrons. The summed E-state index contributed by atoms with van der Waals surface area (Å²) in [7, 11) is 0. The maximum Gasteiger partial charge on any atom is 0.241 e. The van der Waals surface area contributed by atoms with Gasteiger partial charge < -0.3 is 9.64 Å². The van der Waals surface area contributed by atoms with Crippen molar-refractivity contribution in [2.75, 3.05) is 63.9 Å². The molecule has 1 unspecified atom stereocenters. The summed E-state index contributed by atoms with van der Waals surface area (Å²) in [5.74, 6) is -0.624. The second kappa shape index (κ2) is 11.8. The Hall–Kier alpha value is -2.35. The molecule has 4 rings (SSSR count). The van der Waals surface area contributed by atoms with Crippen molar-refractivity contribution in [3.05, 3.63) is 65.2 Å². The van der Waals surface area contributed by atoms with Crippen LogP contribution in [-0.2, 0) is 9.53 Å². The molecule has 36 heavy (non-hydrogen) atoms. The van der Waals surface area contributed by atoms with E-state index in [1.54, 1.807) is 23.1 Å². The van der Waals surface area contributed by atoms with Crippen molar-refractivity contribution in [3.8, 4) is 0 Å². The smallest absolute Gasteiger partial charge is 0.241 e. The van der Waals surface area contributed by atoms with Gasteiger partial charge in [-0.3, -0.25) is 14.6 Å². The van der Waals surface area contributed by atoms with E-state index in [0.29, 0.717) is 18.8 Å². The second-order valence-corrected chi connectivity index (χ2v) is 11.2. The van der Waals surface area contributed by atoms with Gasteiger partial charge in [-0.15, -0.1) is 0 Å². The summed E-state index contributed by atoms with van der Waals surface area (Å²) < 4.78 is 33.6. The van der Waals surface area contributed by atoms with E-state index in [2.05, 4.69) is 30.6 Å². The minimum Gasteiger partial charge on any atom is -0.380 e. The quantitative estimate of drug-likeness (QED) is 0.508. The van der Waals surface area contributed by atoms with Gasteiger partial charge in [0.05, 0.1) is 25.4 Å². The third-order valence-electron chi connectivity index (χ3n) is 7.02. The van der Waals surface area contributed by atoms with Gasteiger partial charge in [0.2, 0.25) is 5.91 Å².